The van der Waals surface area contributed by atoms with Crippen molar-refractivity contribution in [3.8, 4) is 0 Å². The van der Waals surface area contributed by atoms with Crippen molar-refractivity contribution < 1.29 is 9.53 Å². The minimum absolute atomic E-state index is 0.0184. The number of ether oxygens (including phenoxy) is 1. The number of nitrogens with one attached hydrogen (secondary N) is 1. The van der Waals surface area contributed by atoms with E-state index >= 15 is 0 Å². The quantitative estimate of drug-likeness (QED) is 0.585. The van der Waals surface area contributed by atoms with E-state index in [1.807, 2.05) is 24.0 Å². The third-order valence-corrected chi connectivity index (χ3v) is 2.01. The Kier molecular flexibility index (Phi) is 5.52. The summed E-state index contributed by atoms with van der Waals surface area (Å²) in [5.74, 6) is -0.441. The summed E-state index contributed by atoms with van der Waals surface area (Å²) in [5, 5.41) is 7.34. The van der Waals surface area contributed by atoms with Crippen molar-refractivity contribution in [2.75, 3.05) is 19.8 Å². The zero-order valence-electron chi connectivity index (χ0n) is 9.48. The first-order valence-corrected chi connectivity index (χ1v) is 5.30. The first kappa shape index (κ1) is 12.7. The van der Waals surface area contributed by atoms with Gasteiger partial charge in [-0.05, 0) is 6.92 Å². The summed E-state index contributed by atoms with van der Waals surface area (Å²) in [6.45, 7) is 4.81. The van der Waals surface area contributed by atoms with E-state index in [-0.39, 0.29) is 6.61 Å². The van der Waals surface area contributed by atoms with E-state index in [1.165, 1.54) is 0 Å². The molecule has 6 nitrogen and oxygen atoms in total. The first-order valence-electron chi connectivity index (χ1n) is 5.30. The Balaban J connectivity index is 2.04. The van der Waals surface area contributed by atoms with E-state index < -0.39 is 5.91 Å². The maximum atomic E-state index is 10.4. The van der Waals surface area contributed by atoms with Gasteiger partial charge in [-0.2, -0.15) is 5.10 Å². The summed E-state index contributed by atoms with van der Waals surface area (Å²) in [6, 6.07) is 0. The molecule has 0 unspecified atom stereocenters. The molecular formula is C10H18N4O2. The van der Waals surface area contributed by atoms with Gasteiger partial charge in [-0.15, -0.1) is 0 Å². The molecule has 1 amide bonds. The first-order chi connectivity index (χ1) is 7.72. The third-order valence-electron chi connectivity index (χ3n) is 2.01. The molecule has 0 bridgehead atoms. The number of aryl methyl sites for hydroxylation is 1. The lowest BCUT2D eigenvalue weighted by molar-refractivity contribution is -0.122. The fourth-order valence-corrected chi connectivity index (χ4v) is 1.22. The molecule has 0 spiro atoms. The number of rotatable bonds is 8. The van der Waals surface area contributed by atoms with Gasteiger partial charge >= 0.3 is 0 Å². The molecule has 0 aliphatic rings. The Bertz CT molecular complexity index is 324. The van der Waals surface area contributed by atoms with E-state index in [4.69, 9.17) is 10.5 Å². The fraction of sp³-hybridized carbons (Fsp3) is 0.600. The summed E-state index contributed by atoms with van der Waals surface area (Å²) in [5.41, 5.74) is 6.06. The van der Waals surface area contributed by atoms with Crippen LogP contribution in [-0.4, -0.2) is 35.4 Å². The molecule has 90 valence electrons. The number of amides is 1. The predicted octanol–water partition coefficient (Wildman–Crippen LogP) is -0.505. The standard InChI is InChI=1S/C10H18N4O2/c1-2-14-7-9(6-13-14)5-12-3-4-16-8-10(11)15/h6-7,12H,2-5,8H2,1H3,(H2,11,15). The number of carbonyl (C=O) groups excluding carboxylic acids is 1. The second kappa shape index (κ2) is 6.97. The smallest absolute Gasteiger partial charge is 0.243 e. The second-order valence-corrected chi connectivity index (χ2v) is 3.40. The van der Waals surface area contributed by atoms with Crippen LogP contribution in [-0.2, 0) is 22.6 Å². The Labute approximate surface area is 94.8 Å². The van der Waals surface area contributed by atoms with Crippen LogP contribution in [0.4, 0.5) is 0 Å². The molecule has 0 aliphatic heterocycles. The zero-order chi connectivity index (χ0) is 11.8. The lowest BCUT2D eigenvalue weighted by Crippen LogP contribution is -2.23. The van der Waals surface area contributed by atoms with E-state index in [0.717, 1.165) is 18.7 Å². The van der Waals surface area contributed by atoms with Gasteiger partial charge in [-0.1, -0.05) is 0 Å². The van der Waals surface area contributed by atoms with Crippen LogP contribution in [0, 0.1) is 0 Å². The lowest BCUT2D eigenvalue weighted by atomic mass is 10.3. The molecule has 0 saturated carbocycles. The molecule has 3 N–H and O–H groups in total. The van der Waals surface area contributed by atoms with Crippen LogP contribution in [0.15, 0.2) is 12.4 Å². The molecule has 1 heterocycles. The van der Waals surface area contributed by atoms with E-state index in [1.54, 1.807) is 0 Å². The average Bonchev–Trinajstić information content (AvgIpc) is 2.70. The largest absolute Gasteiger partial charge is 0.370 e. The highest BCUT2D eigenvalue weighted by Crippen LogP contribution is 1.96. The van der Waals surface area contributed by atoms with Crippen molar-refractivity contribution >= 4 is 5.91 Å². The van der Waals surface area contributed by atoms with Gasteiger partial charge < -0.3 is 15.8 Å². The highest BCUT2D eigenvalue weighted by atomic mass is 16.5. The molecule has 0 aliphatic carbocycles. The van der Waals surface area contributed by atoms with Crippen LogP contribution < -0.4 is 11.1 Å². The summed E-state index contributed by atoms with van der Waals surface area (Å²) < 4.78 is 6.88. The number of hydrogen-bond acceptors (Lipinski definition) is 4. The minimum atomic E-state index is -0.441. The summed E-state index contributed by atoms with van der Waals surface area (Å²) in [7, 11) is 0. The molecule has 0 aromatic carbocycles. The van der Waals surface area contributed by atoms with Gasteiger partial charge in [0.05, 0.1) is 12.8 Å². The number of nitrogens with two attached hydrogens (primary N) is 1. The van der Waals surface area contributed by atoms with Crippen LogP contribution in [0.5, 0.6) is 0 Å². The SMILES string of the molecule is CCn1cc(CNCCOCC(N)=O)cn1. The molecule has 16 heavy (non-hydrogen) atoms. The molecule has 0 radical (unpaired) electrons. The minimum Gasteiger partial charge on any atom is -0.370 e. The number of carbonyl (C=O) groups is 1. The molecule has 1 aromatic rings. The van der Waals surface area contributed by atoms with Crippen molar-refractivity contribution in [3.63, 3.8) is 0 Å². The molecule has 6 heteroatoms. The summed E-state index contributed by atoms with van der Waals surface area (Å²) in [4.78, 5) is 10.4. The van der Waals surface area contributed by atoms with E-state index in [0.29, 0.717) is 13.2 Å². The number of hydrogen-bond donors (Lipinski definition) is 2. The second-order valence-electron chi connectivity index (χ2n) is 3.40. The molecule has 0 saturated heterocycles. The maximum Gasteiger partial charge on any atom is 0.243 e. The highest BCUT2D eigenvalue weighted by molar-refractivity contribution is 5.74. The van der Waals surface area contributed by atoms with Crippen LogP contribution in [0.3, 0.4) is 0 Å². The molecule has 1 rings (SSSR count). The van der Waals surface area contributed by atoms with Crippen molar-refractivity contribution in [1.82, 2.24) is 15.1 Å². The predicted molar refractivity (Wildman–Crippen MR) is 59.6 cm³/mol. The van der Waals surface area contributed by atoms with Crippen molar-refractivity contribution in [3.05, 3.63) is 18.0 Å². The van der Waals surface area contributed by atoms with Gasteiger partial charge in [0.1, 0.15) is 6.61 Å². The van der Waals surface area contributed by atoms with Gasteiger partial charge in [-0.3, -0.25) is 9.48 Å². The zero-order valence-corrected chi connectivity index (χ0v) is 9.48. The number of primary amides is 1. The molecule has 0 atom stereocenters. The third kappa shape index (κ3) is 4.90. The topological polar surface area (TPSA) is 82.2 Å². The Hall–Kier alpha value is -1.40. The Morgan fingerprint density at radius 2 is 2.50 bits per heavy atom. The van der Waals surface area contributed by atoms with Gasteiger partial charge in [0, 0.05) is 31.4 Å². The molecule has 0 fully saturated rings. The fourth-order valence-electron chi connectivity index (χ4n) is 1.22. The number of aromatic nitrogens is 2. The normalized spacial score (nSPS) is 10.6. The Morgan fingerprint density at radius 3 is 3.12 bits per heavy atom. The van der Waals surface area contributed by atoms with Crippen LogP contribution in [0.25, 0.3) is 0 Å². The van der Waals surface area contributed by atoms with Crippen molar-refractivity contribution in [2.24, 2.45) is 5.73 Å². The Morgan fingerprint density at radius 1 is 1.69 bits per heavy atom. The van der Waals surface area contributed by atoms with Crippen LogP contribution >= 0.6 is 0 Å². The number of nitrogens with zero attached hydrogens (tertiary/aromatic N) is 2. The van der Waals surface area contributed by atoms with Crippen molar-refractivity contribution in [1.29, 1.82) is 0 Å². The molecular weight excluding hydrogens is 208 g/mol. The van der Waals surface area contributed by atoms with Crippen molar-refractivity contribution in [2.45, 2.75) is 20.0 Å². The maximum absolute atomic E-state index is 10.4. The van der Waals surface area contributed by atoms with E-state index in [2.05, 4.69) is 10.4 Å². The average molecular weight is 226 g/mol. The molecule has 1 aromatic heterocycles. The van der Waals surface area contributed by atoms with Gasteiger partial charge in [-0.25, -0.2) is 0 Å². The van der Waals surface area contributed by atoms with Gasteiger partial charge in [0.2, 0.25) is 5.91 Å². The van der Waals surface area contributed by atoms with Crippen LogP contribution in [0.1, 0.15) is 12.5 Å². The summed E-state index contributed by atoms with van der Waals surface area (Å²) in [6.07, 6.45) is 3.83. The van der Waals surface area contributed by atoms with E-state index in [9.17, 15) is 4.79 Å². The monoisotopic (exact) mass is 226 g/mol. The van der Waals surface area contributed by atoms with Gasteiger partial charge in [0.25, 0.3) is 0 Å². The summed E-state index contributed by atoms with van der Waals surface area (Å²) >= 11 is 0. The van der Waals surface area contributed by atoms with Crippen LogP contribution in [0.2, 0.25) is 0 Å². The highest BCUT2D eigenvalue weighted by Gasteiger charge is 1.97. The lowest BCUT2D eigenvalue weighted by Gasteiger charge is -2.03. The van der Waals surface area contributed by atoms with Gasteiger partial charge in [0.15, 0.2) is 0 Å².